The van der Waals surface area contributed by atoms with E-state index >= 15 is 0 Å². The zero-order valence-electron chi connectivity index (χ0n) is 9.12. The van der Waals surface area contributed by atoms with Crippen LogP contribution in [0.15, 0.2) is 0 Å². The maximum Gasteiger partial charge on any atom is 2.00 e. The van der Waals surface area contributed by atoms with E-state index < -0.39 is 47.6 Å². The second kappa shape index (κ2) is 9.12. The minimum Gasteiger partial charge on any atom is -0.759 e. The van der Waals surface area contributed by atoms with Crippen molar-refractivity contribution in [2.45, 2.75) is 30.6 Å². The number of hydrogen-bond acceptors (Lipinski definition) is 10. The summed E-state index contributed by atoms with van der Waals surface area (Å²) in [5, 5.41) is 36.1. The van der Waals surface area contributed by atoms with Crippen LogP contribution in [0.25, 0.3) is 0 Å². The van der Waals surface area contributed by atoms with Crippen molar-refractivity contribution in [2.75, 3.05) is 6.61 Å². The van der Waals surface area contributed by atoms with Crippen LogP contribution in [0.3, 0.4) is 0 Å². The van der Waals surface area contributed by atoms with Crippen molar-refractivity contribution in [3.8, 4) is 0 Å². The molecule has 0 unspecified atom stereocenters. The van der Waals surface area contributed by atoms with Crippen molar-refractivity contribution >= 4 is 55.9 Å². The fourth-order valence-electron chi connectivity index (χ4n) is 1.12. The Balaban J connectivity index is 0. The molecule has 0 aromatic rings. The first-order valence-electron chi connectivity index (χ1n) is 4.30. The fraction of sp³-hybridized carbons (Fsp3) is 1.00. The Kier molecular flexibility index (Phi) is 10.8. The van der Waals surface area contributed by atoms with E-state index in [2.05, 4.69) is 0 Å². The smallest absolute Gasteiger partial charge is 0.759 e. The first-order valence-corrected chi connectivity index (χ1v) is 5.64. The van der Waals surface area contributed by atoms with E-state index in [4.69, 9.17) is 38.2 Å². The van der Waals surface area contributed by atoms with Gasteiger partial charge in [0.05, 0.1) is 12.6 Å². The van der Waals surface area contributed by atoms with Gasteiger partial charge in [-0.3, -0.25) is 8.42 Å². The number of rotatable bonds is 1. The number of aliphatic hydroxyl groups excluding tert-OH is 4. The first-order chi connectivity index (χ1) is 7.57. The van der Waals surface area contributed by atoms with Gasteiger partial charge < -0.3 is 40.0 Å². The minimum atomic E-state index is -5.17. The molecule has 0 spiro atoms. The van der Waals surface area contributed by atoms with E-state index in [9.17, 15) is 10.2 Å². The molecule has 0 aliphatic carbocycles. The summed E-state index contributed by atoms with van der Waals surface area (Å²) in [7, 11) is -5.17. The van der Waals surface area contributed by atoms with Gasteiger partial charge in [-0.25, -0.2) is 0 Å². The second-order valence-electron chi connectivity index (χ2n) is 3.21. The summed E-state index contributed by atoms with van der Waals surface area (Å²) in [5.74, 6) is 0. The second-order valence-corrected chi connectivity index (χ2v) is 4.03. The van der Waals surface area contributed by atoms with Crippen molar-refractivity contribution in [2.24, 2.45) is 5.73 Å². The molecule has 1 heterocycles. The largest absolute Gasteiger partial charge is 2.00 e. The van der Waals surface area contributed by atoms with Gasteiger partial charge in [-0.1, -0.05) is 0 Å². The monoisotopic (exact) mass is 363 g/mol. The molecular formula is C6H13NO9SSr. The Morgan fingerprint density at radius 1 is 1.17 bits per heavy atom. The van der Waals surface area contributed by atoms with Crippen LogP contribution in [0.5, 0.6) is 0 Å². The molecule has 0 bridgehead atoms. The Labute approximate surface area is 140 Å². The summed E-state index contributed by atoms with van der Waals surface area (Å²) in [6.07, 6.45) is -4.85. The topological polar surface area (TPSA) is 196 Å². The van der Waals surface area contributed by atoms with Crippen molar-refractivity contribution < 1.29 is 42.7 Å². The molecule has 0 aromatic heterocycles. The van der Waals surface area contributed by atoms with E-state index in [0.717, 1.165) is 0 Å². The molecule has 0 amide bonds. The molecule has 1 rings (SSSR count). The molecule has 1 aliphatic rings. The summed E-state index contributed by atoms with van der Waals surface area (Å²) in [4.78, 5) is 0. The molecule has 6 N–H and O–H groups in total. The van der Waals surface area contributed by atoms with Crippen LogP contribution in [0, 0.1) is 0 Å². The van der Waals surface area contributed by atoms with Gasteiger partial charge in [0.2, 0.25) is 0 Å². The maximum absolute atomic E-state index is 9.20. The van der Waals surface area contributed by atoms with E-state index in [1.54, 1.807) is 0 Å². The molecule has 18 heavy (non-hydrogen) atoms. The Hall–Kier alpha value is 1.11. The van der Waals surface area contributed by atoms with Gasteiger partial charge in [-0.05, 0) is 0 Å². The number of hydrogen-bond donors (Lipinski definition) is 5. The van der Waals surface area contributed by atoms with Gasteiger partial charge in [-0.2, -0.15) is 0 Å². The van der Waals surface area contributed by atoms with Crippen LogP contribution >= 0.6 is 0 Å². The van der Waals surface area contributed by atoms with Crippen molar-refractivity contribution in [3.63, 3.8) is 0 Å². The third-order valence-electron chi connectivity index (χ3n) is 1.95. The van der Waals surface area contributed by atoms with Crippen LogP contribution < -0.4 is 5.73 Å². The molecule has 0 aromatic carbocycles. The fourth-order valence-corrected chi connectivity index (χ4v) is 1.12. The Morgan fingerprint density at radius 2 is 1.56 bits per heavy atom. The Bertz CT molecular complexity index is 312. The van der Waals surface area contributed by atoms with Crippen LogP contribution in [0.4, 0.5) is 0 Å². The number of nitrogens with two attached hydrogens (primary N) is 1. The van der Waals surface area contributed by atoms with Crippen LogP contribution in [-0.2, 0) is 15.1 Å². The van der Waals surface area contributed by atoms with Crippen molar-refractivity contribution in [3.05, 3.63) is 0 Å². The van der Waals surface area contributed by atoms with Gasteiger partial charge in [-0.15, -0.1) is 0 Å². The van der Waals surface area contributed by atoms with Gasteiger partial charge in [0, 0.05) is 10.4 Å². The van der Waals surface area contributed by atoms with E-state index in [1.165, 1.54) is 0 Å². The average molecular weight is 363 g/mol. The molecule has 12 heteroatoms. The van der Waals surface area contributed by atoms with E-state index in [-0.39, 0.29) is 45.5 Å². The van der Waals surface area contributed by atoms with Crippen LogP contribution in [0.1, 0.15) is 0 Å². The zero-order valence-corrected chi connectivity index (χ0v) is 13.4. The number of aliphatic hydroxyl groups is 4. The molecule has 5 atom stereocenters. The van der Waals surface area contributed by atoms with Crippen molar-refractivity contribution in [1.82, 2.24) is 0 Å². The molecule has 0 radical (unpaired) electrons. The Morgan fingerprint density at radius 3 is 1.89 bits per heavy atom. The molecule has 10 nitrogen and oxygen atoms in total. The summed E-state index contributed by atoms with van der Waals surface area (Å²) in [6.45, 7) is -0.470. The van der Waals surface area contributed by atoms with Crippen LogP contribution in [-0.4, -0.2) is 121 Å². The standard InChI is InChI=1S/C6H13NO5.H2O4S.Sr/c7-3-5(10)4(9)2(1-8)12-6(3)11;1-5(2,3)4;/h2-6,8-11H,1,7H2;(H2,1,2,3,4);/q;;+2/p-2/t2-,3-,4-,5-,6-;;/m1../s1. The quantitative estimate of drug-likeness (QED) is 0.171. The van der Waals surface area contributed by atoms with Crippen LogP contribution in [0.2, 0.25) is 0 Å². The van der Waals surface area contributed by atoms with Crippen molar-refractivity contribution in [1.29, 1.82) is 0 Å². The molecule has 104 valence electrons. The predicted molar refractivity (Wildman–Crippen MR) is 54.2 cm³/mol. The van der Waals surface area contributed by atoms with E-state index in [0.29, 0.717) is 0 Å². The predicted octanol–water partition coefficient (Wildman–Crippen LogP) is -4.97. The van der Waals surface area contributed by atoms with Gasteiger partial charge in [0.1, 0.15) is 18.3 Å². The third-order valence-corrected chi connectivity index (χ3v) is 1.95. The number of ether oxygens (including phenoxy) is 1. The minimum absolute atomic E-state index is 0. The molecule has 1 aliphatic heterocycles. The van der Waals surface area contributed by atoms with E-state index in [1.807, 2.05) is 0 Å². The zero-order chi connectivity index (χ0) is 13.8. The maximum atomic E-state index is 9.20. The summed E-state index contributed by atoms with van der Waals surface area (Å²) < 4.78 is 38.8. The molecular weight excluding hydrogens is 350 g/mol. The van der Waals surface area contributed by atoms with Gasteiger partial charge in [0.15, 0.2) is 6.29 Å². The van der Waals surface area contributed by atoms with Gasteiger partial charge >= 0.3 is 45.5 Å². The third kappa shape index (κ3) is 8.32. The summed E-state index contributed by atoms with van der Waals surface area (Å²) in [6, 6.07) is -1.04. The molecule has 0 saturated carbocycles. The SMILES string of the molecule is N[C@@H]1[C@@H](O)[C@H](O)[C@@H](CO)O[C@H]1O.O=S(=O)([O-])[O-].[Sr+2]. The normalized spacial score (nSPS) is 36.1. The average Bonchev–Trinajstić information content (AvgIpc) is 2.18. The first kappa shape index (κ1) is 21.4. The summed E-state index contributed by atoms with van der Waals surface area (Å²) in [5.41, 5.74) is 5.26. The van der Waals surface area contributed by atoms with Gasteiger partial charge in [0.25, 0.3) is 0 Å². The molecule has 1 fully saturated rings. The molecule has 1 saturated heterocycles. The summed E-state index contributed by atoms with van der Waals surface area (Å²) >= 11 is 0.